The average molecular weight is 311 g/mol. The first-order valence-electron chi connectivity index (χ1n) is 5.83. The zero-order chi connectivity index (χ0) is 14.4. The van der Waals surface area contributed by atoms with Crippen LogP contribution < -0.4 is 0 Å². The lowest BCUT2D eigenvalue weighted by Crippen LogP contribution is -1.95. The van der Waals surface area contributed by atoms with Crippen LogP contribution in [0.3, 0.4) is 0 Å². The summed E-state index contributed by atoms with van der Waals surface area (Å²) >= 11 is 10.9. The van der Waals surface area contributed by atoms with Crippen LogP contribution in [-0.4, -0.2) is 9.55 Å². The Bertz CT molecular complexity index is 883. The van der Waals surface area contributed by atoms with E-state index < -0.39 is 5.82 Å². The number of aromatic amines is 1. The van der Waals surface area contributed by atoms with Gasteiger partial charge in [-0.3, -0.25) is 4.57 Å². The van der Waals surface area contributed by atoms with Crippen molar-refractivity contribution in [3.8, 4) is 5.69 Å². The summed E-state index contributed by atoms with van der Waals surface area (Å²) in [7, 11) is 0. The van der Waals surface area contributed by atoms with Gasteiger partial charge in [0.25, 0.3) is 0 Å². The Labute approximate surface area is 123 Å². The third-order valence-electron chi connectivity index (χ3n) is 3.12. The fraction of sp³-hybridized carbons (Fsp3) is 0.0714. The highest BCUT2D eigenvalue weighted by atomic mass is 35.5. The highest BCUT2D eigenvalue weighted by Gasteiger charge is 2.11. The summed E-state index contributed by atoms with van der Waals surface area (Å²) in [6.45, 7) is 1.66. The molecule has 0 bridgehead atoms. The minimum Gasteiger partial charge on any atom is -0.330 e. The molecule has 0 spiro atoms. The quantitative estimate of drug-likeness (QED) is 0.632. The van der Waals surface area contributed by atoms with Crippen molar-refractivity contribution in [3.63, 3.8) is 0 Å². The van der Waals surface area contributed by atoms with Crippen LogP contribution in [0.5, 0.6) is 0 Å². The second-order valence-electron chi connectivity index (χ2n) is 4.48. The molecule has 6 heteroatoms. The Kier molecular flexibility index (Phi) is 3.11. The van der Waals surface area contributed by atoms with Crippen molar-refractivity contribution < 1.29 is 8.78 Å². The van der Waals surface area contributed by atoms with Gasteiger partial charge in [0.05, 0.1) is 21.7 Å². The van der Waals surface area contributed by atoms with Crippen LogP contribution in [0.2, 0.25) is 5.02 Å². The molecule has 0 fully saturated rings. The lowest BCUT2D eigenvalue weighted by atomic mass is 10.2. The molecule has 0 saturated heterocycles. The van der Waals surface area contributed by atoms with E-state index in [1.165, 1.54) is 18.2 Å². The van der Waals surface area contributed by atoms with E-state index in [0.717, 1.165) is 0 Å². The summed E-state index contributed by atoms with van der Waals surface area (Å²) in [5.74, 6) is -0.845. The summed E-state index contributed by atoms with van der Waals surface area (Å²) in [5.41, 5.74) is 2.29. The molecule has 0 radical (unpaired) electrons. The zero-order valence-electron chi connectivity index (χ0n) is 10.4. The van der Waals surface area contributed by atoms with Crippen LogP contribution in [0.1, 0.15) is 5.56 Å². The summed E-state index contributed by atoms with van der Waals surface area (Å²) in [6, 6.07) is 7.47. The first-order valence-corrected chi connectivity index (χ1v) is 6.62. The minimum atomic E-state index is -0.528. The average Bonchev–Trinajstić information content (AvgIpc) is 2.69. The number of aromatic nitrogens is 2. The monoisotopic (exact) mass is 310 g/mol. The maximum Gasteiger partial charge on any atom is 0.182 e. The van der Waals surface area contributed by atoms with E-state index in [-0.39, 0.29) is 10.8 Å². The molecule has 2 aromatic carbocycles. The number of benzene rings is 2. The number of rotatable bonds is 1. The van der Waals surface area contributed by atoms with Gasteiger partial charge in [-0.2, -0.15) is 0 Å². The Morgan fingerprint density at radius 1 is 1.15 bits per heavy atom. The van der Waals surface area contributed by atoms with Gasteiger partial charge < -0.3 is 4.98 Å². The molecule has 0 saturated carbocycles. The molecule has 1 aromatic heterocycles. The smallest absolute Gasteiger partial charge is 0.182 e. The van der Waals surface area contributed by atoms with Gasteiger partial charge in [0.15, 0.2) is 4.77 Å². The SMILES string of the molecule is Cc1cc2c(cc1F)[nH]c(=S)n2-c1ccc(Cl)c(F)c1. The Hall–Kier alpha value is -1.72. The molecule has 0 aliphatic rings. The van der Waals surface area contributed by atoms with E-state index in [0.29, 0.717) is 27.1 Å². The Morgan fingerprint density at radius 3 is 2.60 bits per heavy atom. The first-order chi connectivity index (χ1) is 9.47. The summed E-state index contributed by atoms with van der Waals surface area (Å²) in [4.78, 5) is 2.91. The molecule has 0 aliphatic carbocycles. The molecule has 0 aliphatic heterocycles. The van der Waals surface area contributed by atoms with E-state index in [4.69, 9.17) is 23.8 Å². The summed E-state index contributed by atoms with van der Waals surface area (Å²) in [6.07, 6.45) is 0. The maximum atomic E-state index is 13.6. The van der Waals surface area contributed by atoms with E-state index in [9.17, 15) is 8.78 Å². The fourth-order valence-corrected chi connectivity index (χ4v) is 2.54. The van der Waals surface area contributed by atoms with Gasteiger partial charge in [-0.15, -0.1) is 0 Å². The molecule has 2 nitrogen and oxygen atoms in total. The number of fused-ring (bicyclic) bond motifs is 1. The lowest BCUT2D eigenvalue weighted by molar-refractivity contribution is 0.620. The van der Waals surface area contributed by atoms with Crippen LogP contribution in [0.25, 0.3) is 16.7 Å². The molecule has 1 heterocycles. The summed E-state index contributed by atoms with van der Waals surface area (Å²) < 4.78 is 29.2. The van der Waals surface area contributed by atoms with Crippen molar-refractivity contribution in [3.05, 3.63) is 57.3 Å². The number of nitrogens with one attached hydrogen (secondary N) is 1. The zero-order valence-corrected chi connectivity index (χ0v) is 11.9. The predicted octanol–water partition coefficient (Wildman–Crippen LogP) is 4.93. The lowest BCUT2D eigenvalue weighted by Gasteiger charge is -2.06. The Morgan fingerprint density at radius 2 is 1.90 bits per heavy atom. The molecule has 0 atom stereocenters. The number of H-pyrrole nitrogens is 1. The van der Waals surface area contributed by atoms with E-state index in [1.54, 1.807) is 23.6 Å². The molecule has 20 heavy (non-hydrogen) atoms. The molecule has 3 rings (SSSR count). The second kappa shape index (κ2) is 4.68. The third kappa shape index (κ3) is 2.03. The van der Waals surface area contributed by atoms with Gasteiger partial charge in [0, 0.05) is 0 Å². The highest BCUT2D eigenvalue weighted by molar-refractivity contribution is 7.71. The van der Waals surface area contributed by atoms with E-state index >= 15 is 0 Å². The molecule has 102 valence electrons. The van der Waals surface area contributed by atoms with Gasteiger partial charge in [0.2, 0.25) is 0 Å². The van der Waals surface area contributed by atoms with Crippen LogP contribution in [0.4, 0.5) is 8.78 Å². The van der Waals surface area contributed by atoms with Crippen LogP contribution in [-0.2, 0) is 0 Å². The van der Waals surface area contributed by atoms with Crippen LogP contribution >= 0.6 is 23.8 Å². The van der Waals surface area contributed by atoms with Gasteiger partial charge >= 0.3 is 0 Å². The number of hydrogen-bond donors (Lipinski definition) is 1. The molecule has 0 unspecified atom stereocenters. The molecule has 0 amide bonds. The number of hydrogen-bond acceptors (Lipinski definition) is 1. The number of imidazole rings is 1. The highest BCUT2D eigenvalue weighted by Crippen LogP contribution is 2.24. The van der Waals surface area contributed by atoms with Crippen LogP contribution in [0.15, 0.2) is 30.3 Å². The molecule has 1 N–H and O–H groups in total. The topological polar surface area (TPSA) is 20.7 Å². The number of halogens is 3. The summed E-state index contributed by atoms with van der Waals surface area (Å²) in [5, 5.41) is 0.0438. The Balaban J connectivity index is 2.35. The van der Waals surface area contributed by atoms with Gasteiger partial charge in [0.1, 0.15) is 11.6 Å². The molecular weight excluding hydrogens is 302 g/mol. The fourth-order valence-electron chi connectivity index (χ4n) is 2.11. The number of nitrogens with zero attached hydrogens (tertiary/aromatic N) is 1. The third-order valence-corrected chi connectivity index (χ3v) is 3.72. The van der Waals surface area contributed by atoms with Crippen molar-refractivity contribution in [1.29, 1.82) is 0 Å². The van der Waals surface area contributed by atoms with E-state index in [2.05, 4.69) is 4.98 Å². The van der Waals surface area contributed by atoms with Crippen LogP contribution in [0, 0.1) is 23.3 Å². The van der Waals surface area contributed by atoms with Crippen molar-refractivity contribution in [2.75, 3.05) is 0 Å². The largest absolute Gasteiger partial charge is 0.330 e. The van der Waals surface area contributed by atoms with Crippen molar-refractivity contribution in [1.82, 2.24) is 9.55 Å². The minimum absolute atomic E-state index is 0.0438. The standard InChI is InChI=1S/C14H9ClF2N2S/c1-7-4-13-12(6-10(7)16)18-14(20)19(13)8-2-3-9(15)11(17)5-8/h2-6H,1H3,(H,18,20). The van der Waals surface area contributed by atoms with Crippen molar-refractivity contribution >= 4 is 34.9 Å². The van der Waals surface area contributed by atoms with Gasteiger partial charge in [-0.05, 0) is 55.0 Å². The van der Waals surface area contributed by atoms with Gasteiger partial charge in [-0.25, -0.2) is 8.78 Å². The predicted molar refractivity (Wildman–Crippen MR) is 78.1 cm³/mol. The second-order valence-corrected chi connectivity index (χ2v) is 5.28. The molecular formula is C14H9ClF2N2S. The number of aryl methyl sites for hydroxylation is 1. The maximum absolute atomic E-state index is 13.6. The van der Waals surface area contributed by atoms with E-state index in [1.807, 2.05) is 0 Å². The van der Waals surface area contributed by atoms with Crippen molar-refractivity contribution in [2.24, 2.45) is 0 Å². The first kappa shape index (κ1) is 13.3. The molecule has 3 aromatic rings. The van der Waals surface area contributed by atoms with Gasteiger partial charge in [-0.1, -0.05) is 11.6 Å². The normalized spacial score (nSPS) is 11.2. The van der Waals surface area contributed by atoms with Crippen molar-refractivity contribution in [2.45, 2.75) is 6.92 Å².